The predicted octanol–water partition coefficient (Wildman–Crippen LogP) is 1.88. The molecule has 19 heavy (non-hydrogen) atoms. The van der Waals surface area contributed by atoms with Gasteiger partial charge in [-0.25, -0.2) is 0 Å². The Hall–Kier alpha value is -2.42. The van der Waals surface area contributed by atoms with Crippen molar-refractivity contribution in [2.24, 2.45) is 5.92 Å². The largest absolute Gasteiger partial charge is 0.371 e. The van der Waals surface area contributed by atoms with E-state index < -0.39 is 4.92 Å². The van der Waals surface area contributed by atoms with Gasteiger partial charge in [-0.05, 0) is 25.0 Å². The first-order valence-corrected chi connectivity index (χ1v) is 6.04. The van der Waals surface area contributed by atoms with Gasteiger partial charge in [-0.1, -0.05) is 0 Å². The average Bonchev–Trinajstić information content (AvgIpc) is 2.46. The lowest BCUT2D eigenvalue weighted by molar-refractivity contribution is -0.385. The Morgan fingerprint density at radius 1 is 1.42 bits per heavy atom. The molecule has 0 saturated carbocycles. The molecule has 1 saturated heterocycles. The number of hydrogen-bond donors (Lipinski definition) is 0. The van der Waals surface area contributed by atoms with Crippen LogP contribution in [-0.4, -0.2) is 24.3 Å². The number of nitriles is 1. The number of hydrogen-bond acceptors (Lipinski definition) is 5. The molecule has 2 rings (SSSR count). The minimum absolute atomic E-state index is 0.0695. The van der Waals surface area contributed by atoms with Crippen molar-refractivity contribution in [1.29, 1.82) is 5.26 Å². The fraction of sp³-hybridized carbons (Fsp3) is 0.385. The third-order valence-electron chi connectivity index (χ3n) is 3.39. The average molecular weight is 259 g/mol. The van der Waals surface area contributed by atoms with E-state index in [1.807, 2.05) is 11.0 Å². The van der Waals surface area contributed by atoms with Crippen LogP contribution in [0.2, 0.25) is 0 Å². The molecule has 0 spiro atoms. The summed E-state index contributed by atoms with van der Waals surface area (Å²) in [6.45, 7) is 1.46. The third kappa shape index (κ3) is 2.71. The second kappa shape index (κ2) is 5.48. The molecule has 0 amide bonds. The first-order valence-electron chi connectivity index (χ1n) is 6.04. The Morgan fingerprint density at radius 2 is 2.11 bits per heavy atom. The quantitative estimate of drug-likeness (QED) is 0.470. The number of rotatable bonds is 3. The summed E-state index contributed by atoms with van der Waals surface area (Å²) in [6, 6.07) is 6.41. The lowest BCUT2D eigenvalue weighted by atomic mass is 9.98. The van der Waals surface area contributed by atoms with E-state index in [0.29, 0.717) is 0 Å². The molecule has 1 fully saturated rings. The number of piperidine rings is 1. The van der Waals surface area contributed by atoms with E-state index in [1.165, 1.54) is 6.07 Å². The zero-order valence-corrected chi connectivity index (χ0v) is 10.3. The zero-order chi connectivity index (χ0) is 13.8. The minimum atomic E-state index is -0.555. The SMILES string of the molecule is N#Cc1cc(N2CCC(C=O)CC2)ccc1[N+](=O)[O-]. The molecular weight excluding hydrogens is 246 g/mol. The number of benzene rings is 1. The molecular formula is C13H13N3O3. The second-order valence-corrected chi connectivity index (χ2v) is 4.53. The van der Waals surface area contributed by atoms with Crippen LogP contribution in [0.1, 0.15) is 18.4 Å². The Bertz CT molecular complexity index is 543. The minimum Gasteiger partial charge on any atom is -0.371 e. The summed E-state index contributed by atoms with van der Waals surface area (Å²) in [7, 11) is 0. The van der Waals surface area contributed by atoms with Crippen molar-refractivity contribution in [3.8, 4) is 6.07 Å². The van der Waals surface area contributed by atoms with Crippen molar-refractivity contribution in [3.05, 3.63) is 33.9 Å². The van der Waals surface area contributed by atoms with Crippen LogP contribution >= 0.6 is 0 Å². The van der Waals surface area contributed by atoms with Crippen molar-refractivity contribution >= 4 is 17.7 Å². The zero-order valence-electron chi connectivity index (χ0n) is 10.3. The van der Waals surface area contributed by atoms with Gasteiger partial charge in [-0.15, -0.1) is 0 Å². The molecule has 0 radical (unpaired) electrons. The Labute approximate surface area is 110 Å². The molecule has 0 aliphatic carbocycles. The molecule has 1 aliphatic rings. The van der Waals surface area contributed by atoms with Crippen molar-refractivity contribution < 1.29 is 9.72 Å². The maximum absolute atomic E-state index is 10.8. The number of carbonyl (C=O) groups is 1. The molecule has 0 unspecified atom stereocenters. The number of carbonyl (C=O) groups excluding carboxylic acids is 1. The van der Waals surface area contributed by atoms with Crippen molar-refractivity contribution in [2.75, 3.05) is 18.0 Å². The van der Waals surface area contributed by atoms with E-state index in [0.717, 1.165) is 37.9 Å². The summed E-state index contributed by atoms with van der Waals surface area (Å²) < 4.78 is 0. The number of nitrogens with zero attached hydrogens (tertiary/aromatic N) is 3. The van der Waals surface area contributed by atoms with Crippen LogP contribution in [0, 0.1) is 27.4 Å². The van der Waals surface area contributed by atoms with Crippen LogP contribution in [0.3, 0.4) is 0 Å². The molecule has 0 N–H and O–H groups in total. The molecule has 98 valence electrons. The highest BCUT2D eigenvalue weighted by atomic mass is 16.6. The molecule has 0 aromatic heterocycles. The van der Waals surface area contributed by atoms with Gasteiger partial charge in [0.25, 0.3) is 5.69 Å². The van der Waals surface area contributed by atoms with Gasteiger partial charge in [0.2, 0.25) is 0 Å². The summed E-state index contributed by atoms with van der Waals surface area (Å²) in [4.78, 5) is 22.9. The van der Waals surface area contributed by atoms with Crippen LogP contribution in [0.25, 0.3) is 0 Å². The Balaban J connectivity index is 2.21. The van der Waals surface area contributed by atoms with E-state index >= 15 is 0 Å². The van der Waals surface area contributed by atoms with Gasteiger partial charge in [-0.3, -0.25) is 10.1 Å². The van der Waals surface area contributed by atoms with Gasteiger partial charge in [-0.2, -0.15) is 5.26 Å². The molecule has 1 heterocycles. The molecule has 0 bridgehead atoms. The highest BCUT2D eigenvalue weighted by Crippen LogP contribution is 2.27. The molecule has 6 heteroatoms. The fourth-order valence-corrected chi connectivity index (χ4v) is 2.26. The summed E-state index contributed by atoms with van der Waals surface area (Å²) in [5, 5.41) is 19.7. The summed E-state index contributed by atoms with van der Waals surface area (Å²) in [5.74, 6) is 0.102. The standard InChI is InChI=1S/C13H13N3O3/c14-8-11-7-12(1-2-13(11)16(18)19)15-5-3-10(9-17)4-6-15/h1-2,7,9-10H,3-6H2. The molecule has 1 aliphatic heterocycles. The van der Waals surface area contributed by atoms with E-state index in [-0.39, 0.29) is 17.2 Å². The highest BCUT2D eigenvalue weighted by molar-refractivity contribution is 5.61. The topological polar surface area (TPSA) is 87.2 Å². The maximum Gasteiger partial charge on any atom is 0.287 e. The molecule has 6 nitrogen and oxygen atoms in total. The van der Waals surface area contributed by atoms with E-state index in [4.69, 9.17) is 5.26 Å². The van der Waals surface area contributed by atoms with Crippen LogP contribution in [0.4, 0.5) is 11.4 Å². The van der Waals surface area contributed by atoms with Gasteiger partial charge in [0.15, 0.2) is 0 Å². The Morgan fingerprint density at radius 3 is 2.63 bits per heavy atom. The number of nitro groups is 1. The molecule has 1 aromatic rings. The maximum atomic E-state index is 10.8. The van der Waals surface area contributed by atoms with Crippen molar-refractivity contribution in [3.63, 3.8) is 0 Å². The summed E-state index contributed by atoms with van der Waals surface area (Å²) in [6.07, 6.45) is 2.54. The van der Waals surface area contributed by atoms with E-state index in [9.17, 15) is 14.9 Å². The van der Waals surface area contributed by atoms with Crippen LogP contribution < -0.4 is 4.90 Å². The fourth-order valence-electron chi connectivity index (χ4n) is 2.26. The van der Waals surface area contributed by atoms with Gasteiger partial charge >= 0.3 is 0 Å². The van der Waals surface area contributed by atoms with Crippen LogP contribution in [0.15, 0.2) is 18.2 Å². The molecule has 1 aromatic carbocycles. The van der Waals surface area contributed by atoms with Crippen molar-refractivity contribution in [2.45, 2.75) is 12.8 Å². The number of anilines is 1. The van der Waals surface area contributed by atoms with Crippen LogP contribution in [0.5, 0.6) is 0 Å². The van der Waals surface area contributed by atoms with Gasteiger partial charge in [0, 0.05) is 30.8 Å². The monoisotopic (exact) mass is 259 g/mol. The normalized spacial score (nSPS) is 15.8. The lowest BCUT2D eigenvalue weighted by Crippen LogP contribution is -2.34. The molecule has 0 atom stereocenters. The van der Waals surface area contributed by atoms with E-state index in [1.54, 1.807) is 12.1 Å². The predicted molar refractivity (Wildman–Crippen MR) is 68.8 cm³/mol. The second-order valence-electron chi connectivity index (χ2n) is 4.53. The van der Waals surface area contributed by atoms with Crippen LogP contribution in [-0.2, 0) is 4.79 Å². The van der Waals surface area contributed by atoms with Gasteiger partial charge in [0.1, 0.15) is 17.9 Å². The van der Waals surface area contributed by atoms with Crippen molar-refractivity contribution in [1.82, 2.24) is 0 Å². The number of aldehydes is 1. The number of nitro benzene ring substituents is 1. The highest BCUT2D eigenvalue weighted by Gasteiger charge is 2.21. The summed E-state index contributed by atoms with van der Waals surface area (Å²) in [5.41, 5.74) is 0.695. The smallest absolute Gasteiger partial charge is 0.287 e. The third-order valence-corrected chi connectivity index (χ3v) is 3.39. The lowest BCUT2D eigenvalue weighted by Gasteiger charge is -2.31. The van der Waals surface area contributed by atoms with Gasteiger partial charge in [0.05, 0.1) is 4.92 Å². The van der Waals surface area contributed by atoms with Gasteiger partial charge < -0.3 is 9.69 Å². The Kier molecular flexibility index (Phi) is 3.76. The first-order chi connectivity index (χ1) is 9.15. The summed E-state index contributed by atoms with van der Waals surface area (Å²) >= 11 is 0. The first kappa shape index (κ1) is 13.0. The van der Waals surface area contributed by atoms with E-state index in [2.05, 4.69) is 0 Å².